The van der Waals surface area contributed by atoms with Crippen molar-refractivity contribution in [1.82, 2.24) is 0 Å². The largest absolute Gasteiger partial charge is 0.298 e. The lowest BCUT2D eigenvalue weighted by molar-refractivity contribution is -0.117. The van der Waals surface area contributed by atoms with E-state index in [2.05, 4.69) is 15.9 Å². The third-order valence-corrected chi connectivity index (χ3v) is 3.37. The van der Waals surface area contributed by atoms with Crippen molar-refractivity contribution in [2.24, 2.45) is 0 Å². The van der Waals surface area contributed by atoms with Crippen molar-refractivity contribution in [3.63, 3.8) is 0 Å². The number of rotatable bonds is 4. The van der Waals surface area contributed by atoms with Crippen LogP contribution in [0.5, 0.6) is 0 Å². The Labute approximate surface area is 118 Å². The molecule has 0 unspecified atom stereocenters. The number of alkyl halides is 1. The number of hydrogen-bond donors (Lipinski definition) is 0. The van der Waals surface area contributed by atoms with Gasteiger partial charge in [0.1, 0.15) is 11.6 Å². The van der Waals surface area contributed by atoms with E-state index in [1.54, 1.807) is 24.3 Å². The minimum atomic E-state index is -0.661. The molecule has 0 atom stereocenters. The molecule has 0 aromatic heterocycles. The molecular weight excluding hydrogens is 314 g/mol. The summed E-state index contributed by atoms with van der Waals surface area (Å²) < 4.78 is 26.6. The molecule has 0 spiro atoms. The maximum absolute atomic E-state index is 13.3. The molecule has 0 amide bonds. The van der Waals surface area contributed by atoms with Crippen LogP contribution >= 0.6 is 15.9 Å². The molecule has 0 aliphatic carbocycles. The standard InChI is InChI=1S/C15H11BrF2O/c16-9-14(19)15(10-3-1-5-12(17)7-10)11-4-2-6-13(18)8-11/h1-8,15H,9H2. The van der Waals surface area contributed by atoms with Crippen molar-refractivity contribution in [2.45, 2.75) is 5.92 Å². The third kappa shape index (κ3) is 3.26. The monoisotopic (exact) mass is 324 g/mol. The van der Waals surface area contributed by atoms with Gasteiger partial charge >= 0.3 is 0 Å². The van der Waals surface area contributed by atoms with Gasteiger partial charge in [0.2, 0.25) is 0 Å². The Kier molecular flexibility index (Phi) is 4.43. The second kappa shape index (κ2) is 6.06. The van der Waals surface area contributed by atoms with Crippen LogP contribution in [0.2, 0.25) is 0 Å². The third-order valence-electron chi connectivity index (χ3n) is 2.82. The molecule has 19 heavy (non-hydrogen) atoms. The molecular formula is C15H11BrF2O. The van der Waals surface area contributed by atoms with E-state index in [9.17, 15) is 13.6 Å². The average molecular weight is 325 g/mol. The summed E-state index contributed by atoms with van der Waals surface area (Å²) in [4.78, 5) is 12.0. The Morgan fingerprint density at radius 2 is 1.47 bits per heavy atom. The number of carbonyl (C=O) groups is 1. The first-order valence-corrected chi connectivity index (χ1v) is 6.83. The van der Waals surface area contributed by atoms with Gasteiger partial charge in [-0.05, 0) is 35.4 Å². The summed E-state index contributed by atoms with van der Waals surface area (Å²) in [5.41, 5.74) is 1.05. The molecule has 1 nitrogen and oxygen atoms in total. The zero-order valence-electron chi connectivity index (χ0n) is 9.95. The minimum Gasteiger partial charge on any atom is -0.298 e. The topological polar surface area (TPSA) is 17.1 Å². The molecule has 0 radical (unpaired) electrons. The van der Waals surface area contributed by atoms with Crippen LogP contribution in [-0.4, -0.2) is 11.1 Å². The summed E-state index contributed by atoms with van der Waals surface area (Å²) in [5, 5.41) is 0.130. The van der Waals surface area contributed by atoms with Gasteiger partial charge in [-0.2, -0.15) is 0 Å². The van der Waals surface area contributed by atoms with E-state index in [1.165, 1.54) is 24.3 Å². The van der Waals surface area contributed by atoms with Crippen LogP contribution in [0.1, 0.15) is 17.0 Å². The summed E-state index contributed by atoms with van der Waals surface area (Å²) in [5.74, 6) is -1.63. The van der Waals surface area contributed by atoms with Gasteiger partial charge in [0.25, 0.3) is 0 Å². The zero-order valence-corrected chi connectivity index (χ0v) is 11.5. The highest BCUT2D eigenvalue weighted by molar-refractivity contribution is 9.09. The zero-order chi connectivity index (χ0) is 13.8. The summed E-state index contributed by atoms with van der Waals surface area (Å²) in [6.07, 6.45) is 0. The van der Waals surface area contributed by atoms with E-state index in [0.717, 1.165) is 0 Å². The van der Waals surface area contributed by atoms with Crippen molar-refractivity contribution >= 4 is 21.7 Å². The van der Waals surface area contributed by atoms with Crippen LogP contribution < -0.4 is 0 Å². The molecule has 0 heterocycles. The highest BCUT2D eigenvalue weighted by atomic mass is 79.9. The molecule has 0 bridgehead atoms. The molecule has 2 aromatic carbocycles. The van der Waals surface area contributed by atoms with E-state index in [1.807, 2.05) is 0 Å². The van der Waals surface area contributed by atoms with Gasteiger partial charge in [-0.3, -0.25) is 4.79 Å². The van der Waals surface area contributed by atoms with Gasteiger partial charge in [0.05, 0.1) is 11.2 Å². The van der Waals surface area contributed by atoms with Crippen molar-refractivity contribution in [3.8, 4) is 0 Å². The van der Waals surface area contributed by atoms with Gasteiger partial charge in [0, 0.05) is 0 Å². The number of hydrogen-bond acceptors (Lipinski definition) is 1. The molecule has 2 aromatic rings. The average Bonchev–Trinajstić information content (AvgIpc) is 2.39. The van der Waals surface area contributed by atoms with Gasteiger partial charge in [-0.25, -0.2) is 8.78 Å². The van der Waals surface area contributed by atoms with Gasteiger partial charge < -0.3 is 0 Å². The Bertz CT molecular complexity index is 553. The first-order chi connectivity index (χ1) is 9.11. The smallest absolute Gasteiger partial charge is 0.155 e. The normalized spacial score (nSPS) is 10.7. The number of ketones is 1. The fraction of sp³-hybridized carbons (Fsp3) is 0.133. The maximum atomic E-state index is 13.3. The molecule has 0 aliphatic heterocycles. The Hall–Kier alpha value is -1.55. The lowest BCUT2D eigenvalue weighted by Crippen LogP contribution is -2.15. The second-order valence-corrected chi connectivity index (χ2v) is 4.70. The van der Waals surface area contributed by atoms with Gasteiger partial charge in [-0.1, -0.05) is 40.2 Å². The molecule has 0 saturated heterocycles. The first-order valence-electron chi connectivity index (χ1n) is 5.71. The van der Waals surface area contributed by atoms with Crippen molar-refractivity contribution in [3.05, 3.63) is 71.3 Å². The van der Waals surface area contributed by atoms with Crippen LogP contribution in [0.15, 0.2) is 48.5 Å². The second-order valence-electron chi connectivity index (χ2n) is 4.14. The predicted molar refractivity (Wildman–Crippen MR) is 73.4 cm³/mol. The molecule has 0 aliphatic rings. The quantitative estimate of drug-likeness (QED) is 0.775. The number of Topliss-reactive ketones (excluding diaryl/α,β-unsaturated/α-hetero) is 1. The maximum Gasteiger partial charge on any atom is 0.155 e. The summed E-state index contributed by atoms with van der Waals surface area (Å²) >= 11 is 3.11. The Morgan fingerprint density at radius 3 is 1.84 bits per heavy atom. The fourth-order valence-electron chi connectivity index (χ4n) is 2.01. The lowest BCUT2D eigenvalue weighted by Gasteiger charge is -2.16. The molecule has 4 heteroatoms. The minimum absolute atomic E-state index is 0.130. The fourth-order valence-corrected chi connectivity index (χ4v) is 2.34. The highest BCUT2D eigenvalue weighted by Gasteiger charge is 2.22. The van der Waals surface area contributed by atoms with E-state index in [-0.39, 0.29) is 11.1 Å². The van der Waals surface area contributed by atoms with Crippen molar-refractivity contribution < 1.29 is 13.6 Å². The summed E-state index contributed by atoms with van der Waals surface area (Å²) in [6, 6.07) is 11.6. The predicted octanol–water partition coefficient (Wildman–Crippen LogP) is 4.06. The van der Waals surface area contributed by atoms with E-state index in [0.29, 0.717) is 11.1 Å². The number of benzene rings is 2. The van der Waals surface area contributed by atoms with Crippen LogP contribution in [0, 0.1) is 11.6 Å². The highest BCUT2D eigenvalue weighted by Crippen LogP contribution is 2.27. The Morgan fingerprint density at radius 1 is 1.00 bits per heavy atom. The van der Waals surface area contributed by atoms with E-state index >= 15 is 0 Å². The molecule has 98 valence electrons. The SMILES string of the molecule is O=C(CBr)C(c1cccc(F)c1)c1cccc(F)c1. The van der Waals surface area contributed by atoms with Crippen molar-refractivity contribution in [2.75, 3.05) is 5.33 Å². The van der Waals surface area contributed by atoms with Crippen LogP contribution in [0.3, 0.4) is 0 Å². The van der Waals surface area contributed by atoms with Gasteiger partial charge in [-0.15, -0.1) is 0 Å². The van der Waals surface area contributed by atoms with Crippen molar-refractivity contribution in [1.29, 1.82) is 0 Å². The number of halogens is 3. The molecule has 2 rings (SSSR count). The Balaban J connectivity index is 2.50. The van der Waals surface area contributed by atoms with E-state index < -0.39 is 17.6 Å². The van der Waals surface area contributed by atoms with Gasteiger partial charge in [0.15, 0.2) is 5.78 Å². The van der Waals surface area contributed by atoms with Crippen LogP contribution in [0.4, 0.5) is 8.78 Å². The number of carbonyl (C=O) groups excluding carboxylic acids is 1. The molecule has 0 saturated carbocycles. The van der Waals surface area contributed by atoms with Crippen LogP contribution in [-0.2, 0) is 4.79 Å². The molecule has 0 fully saturated rings. The van der Waals surface area contributed by atoms with Crippen LogP contribution in [0.25, 0.3) is 0 Å². The first kappa shape index (κ1) is 13.9. The lowest BCUT2D eigenvalue weighted by atomic mass is 9.88. The summed E-state index contributed by atoms with van der Waals surface area (Å²) in [6.45, 7) is 0. The molecule has 0 N–H and O–H groups in total. The van der Waals surface area contributed by atoms with E-state index in [4.69, 9.17) is 0 Å². The summed E-state index contributed by atoms with van der Waals surface area (Å²) in [7, 11) is 0.